The SMILES string of the molecule is CCCOC[N+]1(C(C)(C)C)CCCC1.O=C([O-])C(F)(F)F. The monoisotopic (exact) mass is 313 g/mol. The van der Waals surface area contributed by atoms with E-state index in [1.807, 2.05) is 0 Å². The van der Waals surface area contributed by atoms with Gasteiger partial charge in [0.1, 0.15) is 5.97 Å². The largest absolute Gasteiger partial charge is 0.542 e. The maximum absolute atomic E-state index is 10.5. The highest BCUT2D eigenvalue weighted by molar-refractivity contribution is 5.70. The molecule has 7 heteroatoms. The fraction of sp³-hybridized carbons (Fsp3) is 0.929. The zero-order chi connectivity index (χ0) is 16.7. The van der Waals surface area contributed by atoms with Gasteiger partial charge in [-0.05, 0) is 27.2 Å². The Bertz CT molecular complexity index is 318. The molecule has 21 heavy (non-hydrogen) atoms. The number of hydrogen-bond donors (Lipinski definition) is 0. The van der Waals surface area contributed by atoms with E-state index in [1.165, 1.54) is 25.9 Å². The molecule has 0 aliphatic carbocycles. The lowest BCUT2D eigenvalue weighted by Gasteiger charge is -2.45. The molecule has 0 unspecified atom stereocenters. The minimum absolute atomic E-state index is 0.338. The van der Waals surface area contributed by atoms with Gasteiger partial charge in [-0.1, -0.05) is 6.92 Å². The first-order chi connectivity index (χ1) is 9.46. The lowest BCUT2D eigenvalue weighted by atomic mass is 10.0. The van der Waals surface area contributed by atoms with Gasteiger partial charge in [0.25, 0.3) is 0 Å². The number of halogens is 3. The van der Waals surface area contributed by atoms with Crippen LogP contribution < -0.4 is 5.11 Å². The minimum atomic E-state index is -5.19. The average molecular weight is 313 g/mol. The third kappa shape index (κ3) is 6.65. The van der Waals surface area contributed by atoms with E-state index >= 15 is 0 Å². The van der Waals surface area contributed by atoms with Gasteiger partial charge in [0.05, 0.1) is 25.2 Å². The van der Waals surface area contributed by atoms with Crippen LogP contribution in [0.3, 0.4) is 0 Å². The summed E-state index contributed by atoms with van der Waals surface area (Å²) in [5, 5.41) is 8.78. The first-order valence-corrected chi connectivity index (χ1v) is 7.18. The van der Waals surface area contributed by atoms with Gasteiger partial charge in [0.15, 0.2) is 6.73 Å². The molecule has 4 nitrogen and oxygen atoms in total. The van der Waals surface area contributed by atoms with Gasteiger partial charge in [-0.25, -0.2) is 0 Å². The van der Waals surface area contributed by atoms with Crippen molar-refractivity contribution in [1.82, 2.24) is 0 Å². The molecule has 0 atom stereocenters. The van der Waals surface area contributed by atoms with E-state index in [2.05, 4.69) is 27.7 Å². The zero-order valence-electron chi connectivity index (χ0n) is 13.3. The third-order valence-corrected chi connectivity index (χ3v) is 3.76. The molecule has 0 aromatic carbocycles. The van der Waals surface area contributed by atoms with Crippen molar-refractivity contribution < 1.29 is 32.3 Å². The molecule has 0 N–H and O–H groups in total. The first kappa shape index (κ1) is 20.2. The number of carboxylic acid groups (broad SMARTS) is 1. The Kier molecular flexibility index (Phi) is 7.67. The molecule has 0 spiro atoms. The van der Waals surface area contributed by atoms with Crippen molar-refractivity contribution in [2.24, 2.45) is 0 Å². The number of nitrogens with zero attached hydrogens (tertiary/aromatic N) is 1. The Morgan fingerprint density at radius 2 is 1.62 bits per heavy atom. The molecule has 1 heterocycles. The van der Waals surface area contributed by atoms with E-state index in [9.17, 15) is 13.2 Å². The molecule has 1 fully saturated rings. The van der Waals surface area contributed by atoms with E-state index in [4.69, 9.17) is 14.6 Å². The number of ether oxygens (including phenoxy) is 1. The second-order valence-corrected chi connectivity index (χ2v) is 6.29. The van der Waals surface area contributed by atoms with E-state index in [0.717, 1.165) is 24.2 Å². The Morgan fingerprint density at radius 3 is 1.90 bits per heavy atom. The summed E-state index contributed by atoms with van der Waals surface area (Å²) in [6.45, 7) is 13.6. The van der Waals surface area contributed by atoms with Crippen LogP contribution in [0, 0.1) is 0 Å². The van der Waals surface area contributed by atoms with Crippen LogP contribution in [0.1, 0.15) is 47.0 Å². The number of hydrogen-bond acceptors (Lipinski definition) is 3. The molecule has 1 rings (SSSR count). The summed E-state index contributed by atoms with van der Waals surface area (Å²) < 4.78 is 38.5. The molecule has 1 aliphatic rings. The van der Waals surface area contributed by atoms with Crippen molar-refractivity contribution in [2.45, 2.75) is 58.7 Å². The molecule has 0 amide bonds. The van der Waals surface area contributed by atoms with Gasteiger partial charge < -0.3 is 14.6 Å². The summed E-state index contributed by atoms with van der Waals surface area (Å²) in [6, 6.07) is 0. The second kappa shape index (κ2) is 7.98. The highest BCUT2D eigenvalue weighted by Gasteiger charge is 2.42. The van der Waals surface area contributed by atoms with E-state index in [0.29, 0.717) is 5.54 Å². The van der Waals surface area contributed by atoms with Crippen LogP contribution in [-0.4, -0.2) is 48.6 Å². The number of likely N-dealkylation sites (tertiary alicyclic amines) is 1. The minimum Gasteiger partial charge on any atom is -0.542 e. The quantitative estimate of drug-likeness (QED) is 0.590. The summed E-state index contributed by atoms with van der Waals surface area (Å²) in [6.07, 6.45) is -1.33. The fourth-order valence-corrected chi connectivity index (χ4v) is 2.32. The predicted octanol–water partition coefficient (Wildman–Crippen LogP) is 2.08. The van der Waals surface area contributed by atoms with Gasteiger partial charge in [0, 0.05) is 12.8 Å². The van der Waals surface area contributed by atoms with Crippen molar-refractivity contribution in [3.05, 3.63) is 0 Å². The fourth-order valence-electron chi connectivity index (χ4n) is 2.32. The number of alkyl halides is 3. The Balaban J connectivity index is 0.000000486. The van der Waals surface area contributed by atoms with Crippen molar-refractivity contribution in [1.29, 1.82) is 0 Å². The maximum Gasteiger partial charge on any atom is 0.430 e. The van der Waals surface area contributed by atoms with Gasteiger partial charge in [0.2, 0.25) is 0 Å². The van der Waals surface area contributed by atoms with Crippen LogP contribution >= 0.6 is 0 Å². The molecule has 0 aromatic heterocycles. The van der Waals surface area contributed by atoms with Crippen molar-refractivity contribution in [3.8, 4) is 0 Å². The number of carboxylic acids is 1. The van der Waals surface area contributed by atoms with Gasteiger partial charge in [-0.15, -0.1) is 0 Å². The van der Waals surface area contributed by atoms with Gasteiger partial charge in [-0.3, -0.25) is 4.48 Å². The topological polar surface area (TPSA) is 49.4 Å². The van der Waals surface area contributed by atoms with Crippen molar-refractivity contribution in [3.63, 3.8) is 0 Å². The lowest BCUT2D eigenvalue weighted by Crippen LogP contribution is -2.59. The number of quaternary nitrogens is 1. The van der Waals surface area contributed by atoms with E-state index in [1.54, 1.807) is 0 Å². The number of aliphatic carboxylic acids is 1. The molecule has 1 aliphatic heterocycles. The summed E-state index contributed by atoms with van der Waals surface area (Å²) in [5.74, 6) is -3.01. The highest BCUT2D eigenvalue weighted by Crippen LogP contribution is 2.30. The summed E-state index contributed by atoms with van der Waals surface area (Å²) >= 11 is 0. The van der Waals surface area contributed by atoms with Crippen LogP contribution in [0.2, 0.25) is 0 Å². The number of rotatable bonds is 4. The van der Waals surface area contributed by atoms with Crippen molar-refractivity contribution >= 4 is 5.97 Å². The summed E-state index contributed by atoms with van der Waals surface area (Å²) in [5.41, 5.74) is 0.338. The number of carbonyl (C=O) groups is 1. The van der Waals surface area contributed by atoms with Crippen molar-refractivity contribution in [2.75, 3.05) is 26.4 Å². The smallest absolute Gasteiger partial charge is 0.430 e. The van der Waals surface area contributed by atoms with E-state index < -0.39 is 12.1 Å². The normalized spacial score (nSPS) is 18.0. The predicted molar refractivity (Wildman–Crippen MR) is 71.2 cm³/mol. The molecule has 0 saturated carbocycles. The molecular weight excluding hydrogens is 287 g/mol. The average Bonchev–Trinajstić information content (AvgIpc) is 2.78. The molecule has 126 valence electrons. The Hall–Kier alpha value is -0.820. The molecule has 0 bridgehead atoms. The maximum atomic E-state index is 10.5. The highest BCUT2D eigenvalue weighted by atomic mass is 19.4. The van der Waals surface area contributed by atoms with Crippen LogP contribution in [0.15, 0.2) is 0 Å². The Morgan fingerprint density at radius 1 is 1.19 bits per heavy atom. The first-order valence-electron chi connectivity index (χ1n) is 7.18. The Labute approximate surface area is 124 Å². The van der Waals surface area contributed by atoms with E-state index in [-0.39, 0.29) is 0 Å². The van der Waals surface area contributed by atoms with Gasteiger partial charge in [-0.2, -0.15) is 13.2 Å². The lowest BCUT2D eigenvalue weighted by molar-refractivity contribution is -0.976. The van der Waals surface area contributed by atoms with Crippen LogP contribution in [0.5, 0.6) is 0 Å². The standard InChI is InChI=1S/C12H26NO.C2HF3O2/c1-5-10-14-11-13(12(2,3)4)8-6-7-9-13;3-2(4,5)1(6)7/h5-11H2,1-4H3;(H,6,7)/q+1;/p-1. The van der Waals surface area contributed by atoms with Gasteiger partial charge >= 0.3 is 6.18 Å². The van der Waals surface area contributed by atoms with Crippen LogP contribution in [-0.2, 0) is 9.53 Å². The molecular formula is C14H26F3NO3. The van der Waals surface area contributed by atoms with Crippen LogP contribution in [0.25, 0.3) is 0 Å². The molecule has 0 aromatic rings. The molecule has 0 radical (unpaired) electrons. The molecule has 1 saturated heterocycles. The summed E-state index contributed by atoms with van der Waals surface area (Å²) in [4.78, 5) is 8.78. The third-order valence-electron chi connectivity index (χ3n) is 3.76. The second-order valence-electron chi connectivity index (χ2n) is 6.29. The van der Waals surface area contributed by atoms with Crippen LogP contribution in [0.4, 0.5) is 13.2 Å². The zero-order valence-corrected chi connectivity index (χ0v) is 13.3. The number of carbonyl (C=O) groups excluding carboxylic acids is 1. The summed E-state index contributed by atoms with van der Waals surface area (Å²) in [7, 11) is 0.